The van der Waals surface area contributed by atoms with Crippen molar-refractivity contribution in [1.29, 1.82) is 0 Å². The van der Waals surface area contributed by atoms with Gasteiger partial charge in [0.2, 0.25) is 0 Å². The first-order valence-electron chi connectivity index (χ1n) is 6.04. The molecule has 0 amide bonds. The molecule has 0 atom stereocenters. The smallest absolute Gasteiger partial charge is 0.416 e. The number of hydrogen-bond donors (Lipinski definition) is 1. The maximum Gasteiger partial charge on any atom is 0.416 e. The van der Waals surface area contributed by atoms with Gasteiger partial charge in [-0.3, -0.25) is 0 Å². The van der Waals surface area contributed by atoms with Gasteiger partial charge in [0.15, 0.2) is 0 Å². The first-order valence-corrected chi connectivity index (χ1v) is 6.04. The Labute approximate surface area is 115 Å². The van der Waals surface area contributed by atoms with E-state index in [0.717, 1.165) is 6.07 Å². The first kappa shape index (κ1) is 14.2. The molecule has 0 heterocycles. The molecule has 1 N–H and O–H groups in total. The highest BCUT2D eigenvalue weighted by Gasteiger charge is 2.32. The molecule has 0 bridgehead atoms. The van der Waals surface area contributed by atoms with E-state index in [-0.39, 0.29) is 12.1 Å². The van der Waals surface area contributed by atoms with Crippen LogP contribution in [0, 0.1) is 0 Å². The van der Waals surface area contributed by atoms with E-state index in [4.69, 9.17) is 4.74 Å². The Morgan fingerprint density at radius 1 is 1.05 bits per heavy atom. The number of nitrogens with one attached hydrogen (secondary N) is 1. The molecule has 2 rings (SSSR count). The summed E-state index contributed by atoms with van der Waals surface area (Å²) < 4.78 is 43.6. The first-order chi connectivity index (χ1) is 9.50. The minimum absolute atomic E-state index is 0.100. The van der Waals surface area contributed by atoms with E-state index in [0.29, 0.717) is 11.4 Å². The molecular formula is C15H14F3NO. The van der Waals surface area contributed by atoms with Crippen molar-refractivity contribution >= 4 is 5.69 Å². The molecule has 0 aliphatic carbocycles. The van der Waals surface area contributed by atoms with Gasteiger partial charge < -0.3 is 10.1 Å². The normalized spacial score (nSPS) is 11.2. The molecule has 106 valence electrons. The number of halogens is 3. The fourth-order valence-corrected chi connectivity index (χ4v) is 1.88. The zero-order valence-corrected chi connectivity index (χ0v) is 10.9. The minimum Gasteiger partial charge on any atom is -0.497 e. The van der Waals surface area contributed by atoms with Crippen molar-refractivity contribution in [3.8, 4) is 5.75 Å². The second-order valence-electron chi connectivity index (χ2n) is 4.24. The number of hydrogen-bond acceptors (Lipinski definition) is 2. The lowest BCUT2D eigenvalue weighted by atomic mass is 10.1. The lowest BCUT2D eigenvalue weighted by Crippen LogP contribution is -2.11. The maximum atomic E-state index is 12.8. The van der Waals surface area contributed by atoms with Crippen molar-refractivity contribution in [3.63, 3.8) is 0 Å². The molecule has 0 aliphatic heterocycles. The summed E-state index contributed by atoms with van der Waals surface area (Å²) in [5.74, 6) is 0.652. The molecule has 5 heteroatoms. The van der Waals surface area contributed by atoms with Crippen molar-refractivity contribution in [1.82, 2.24) is 0 Å². The van der Waals surface area contributed by atoms with Gasteiger partial charge in [0.25, 0.3) is 0 Å². The number of anilines is 1. The average molecular weight is 281 g/mol. The molecule has 2 aromatic rings. The summed E-state index contributed by atoms with van der Waals surface area (Å²) in [5, 5.41) is 2.97. The van der Waals surface area contributed by atoms with Crippen molar-refractivity contribution in [3.05, 3.63) is 59.7 Å². The van der Waals surface area contributed by atoms with Gasteiger partial charge in [-0.1, -0.05) is 24.3 Å². The molecular weight excluding hydrogens is 267 g/mol. The summed E-state index contributed by atoms with van der Waals surface area (Å²) in [6, 6.07) is 12.6. The van der Waals surface area contributed by atoms with Gasteiger partial charge in [-0.05, 0) is 23.8 Å². The second kappa shape index (κ2) is 5.86. The van der Waals surface area contributed by atoms with Crippen LogP contribution in [0.1, 0.15) is 11.1 Å². The summed E-state index contributed by atoms with van der Waals surface area (Å²) in [5.41, 5.74) is 0.305. The van der Waals surface area contributed by atoms with Crippen LogP contribution in [0.5, 0.6) is 5.75 Å². The summed E-state index contributed by atoms with van der Waals surface area (Å²) >= 11 is 0. The van der Waals surface area contributed by atoms with E-state index in [1.807, 2.05) is 0 Å². The van der Waals surface area contributed by atoms with E-state index in [9.17, 15) is 13.2 Å². The zero-order valence-electron chi connectivity index (χ0n) is 10.9. The largest absolute Gasteiger partial charge is 0.497 e. The molecule has 0 radical (unpaired) electrons. The third kappa shape index (κ3) is 3.44. The predicted molar refractivity (Wildman–Crippen MR) is 71.8 cm³/mol. The van der Waals surface area contributed by atoms with Crippen LogP contribution in [0.4, 0.5) is 18.9 Å². The molecule has 2 aromatic carbocycles. The number of rotatable bonds is 4. The highest BCUT2D eigenvalue weighted by Crippen LogP contribution is 2.32. The van der Waals surface area contributed by atoms with E-state index in [2.05, 4.69) is 5.32 Å². The number of methoxy groups -OCH3 is 1. The van der Waals surface area contributed by atoms with Crippen LogP contribution in [0.3, 0.4) is 0 Å². The summed E-state index contributed by atoms with van der Waals surface area (Å²) in [4.78, 5) is 0. The SMILES string of the molecule is COc1cccc(NCc2ccccc2C(F)(F)F)c1. The minimum atomic E-state index is -4.34. The van der Waals surface area contributed by atoms with Crippen molar-refractivity contribution in [2.75, 3.05) is 12.4 Å². The van der Waals surface area contributed by atoms with Crippen LogP contribution in [0.15, 0.2) is 48.5 Å². The van der Waals surface area contributed by atoms with Gasteiger partial charge in [-0.2, -0.15) is 13.2 Å². The Morgan fingerprint density at radius 3 is 2.50 bits per heavy atom. The van der Waals surface area contributed by atoms with Crippen LogP contribution in [0.2, 0.25) is 0 Å². The van der Waals surface area contributed by atoms with Crippen molar-refractivity contribution in [2.45, 2.75) is 12.7 Å². The van der Waals surface area contributed by atoms with Crippen LogP contribution in [-0.2, 0) is 12.7 Å². The Morgan fingerprint density at radius 2 is 1.80 bits per heavy atom. The summed E-state index contributed by atoms with van der Waals surface area (Å²) in [7, 11) is 1.54. The molecule has 2 nitrogen and oxygen atoms in total. The maximum absolute atomic E-state index is 12.8. The number of alkyl halides is 3. The molecule has 0 aliphatic rings. The molecule has 0 saturated carbocycles. The molecule has 0 saturated heterocycles. The number of benzene rings is 2. The molecule has 0 aromatic heterocycles. The van der Waals surface area contributed by atoms with Crippen LogP contribution < -0.4 is 10.1 Å². The van der Waals surface area contributed by atoms with E-state index in [1.165, 1.54) is 19.2 Å². The Balaban J connectivity index is 2.15. The average Bonchev–Trinajstić information content (AvgIpc) is 2.44. The zero-order chi connectivity index (χ0) is 14.6. The predicted octanol–water partition coefficient (Wildman–Crippen LogP) is 4.33. The van der Waals surface area contributed by atoms with Gasteiger partial charge in [0.1, 0.15) is 5.75 Å². The van der Waals surface area contributed by atoms with Gasteiger partial charge in [-0.25, -0.2) is 0 Å². The fourth-order valence-electron chi connectivity index (χ4n) is 1.88. The van der Waals surface area contributed by atoms with Gasteiger partial charge >= 0.3 is 6.18 Å². The van der Waals surface area contributed by atoms with Crippen LogP contribution in [0.25, 0.3) is 0 Å². The molecule has 0 unspecified atom stereocenters. The van der Waals surface area contributed by atoms with Crippen LogP contribution in [-0.4, -0.2) is 7.11 Å². The number of ether oxygens (including phenoxy) is 1. The third-order valence-corrected chi connectivity index (χ3v) is 2.88. The van der Waals surface area contributed by atoms with Gasteiger partial charge in [0.05, 0.1) is 12.7 Å². The van der Waals surface area contributed by atoms with Gasteiger partial charge in [0, 0.05) is 18.3 Å². The molecule has 20 heavy (non-hydrogen) atoms. The Kier molecular flexibility index (Phi) is 4.17. The highest BCUT2D eigenvalue weighted by molar-refractivity contribution is 5.49. The topological polar surface area (TPSA) is 21.3 Å². The van der Waals surface area contributed by atoms with E-state index in [1.54, 1.807) is 30.3 Å². The second-order valence-corrected chi connectivity index (χ2v) is 4.24. The standard InChI is InChI=1S/C15H14F3NO/c1-20-13-7-4-6-12(9-13)19-10-11-5-2-3-8-14(11)15(16,17)18/h2-9,19H,10H2,1H3. The third-order valence-electron chi connectivity index (χ3n) is 2.88. The Hall–Kier alpha value is -2.17. The highest BCUT2D eigenvalue weighted by atomic mass is 19.4. The van der Waals surface area contributed by atoms with Crippen molar-refractivity contribution < 1.29 is 17.9 Å². The summed E-state index contributed by atoms with van der Waals surface area (Å²) in [6.45, 7) is 0.100. The monoisotopic (exact) mass is 281 g/mol. The fraction of sp³-hybridized carbons (Fsp3) is 0.200. The van der Waals surface area contributed by atoms with Crippen LogP contribution >= 0.6 is 0 Å². The lowest BCUT2D eigenvalue weighted by molar-refractivity contribution is -0.138. The summed E-state index contributed by atoms with van der Waals surface area (Å²) in [6.07, 6.45) is -4.34. The van der Waals surface area contributed by atoms with E-state index < -0.39 is 11.7 Å². The van der Waals surface area contributed by atoms with Crippen molar-refractivity contribution in [2.24, 2.45) is 0 Å². The molecule has 0 spiro atoms. The van der Waals surface area contributed by atoms with E-state index >= 15 is 0 Å². The lowest BCUT2D eigenvalue weighted by Gasteiger charge is -2.14. The molecule has 0 fully saturated rings. The Bertz CT molecular complexity index is 581. The van der Waals surface area contributed by atoms with Gasteiger partial charge in [-0.15, -0.1) is 0 Å². The quantitative estimate of drug-likeness (QED) is 0.900.